The molecule has 0 aliphatic rings. The number of hydrogen-bond acceptors (Lipinski definition) is 6. The molecule has 0 bridgehead atoms. The Morgan fingerprint density at radius 3 is 1.40 bits per heavy atom. The molecule has 6 nitrogen and oxygen atoms in total. The third-order valence-electron chi connectivity index (χ3n) is 1.21. The maximum Gasteiger partial charge on any atom is 0.146 e. The van der Waals surface area contributed by atoms with E-state index in [1.807, 2.05) is 0 Å². The molecule has 2 atom stereocenters. The van der Waals surface area contributed by atoms with Gasteiger partial charge in [-0.25, -0.2) is 0 Å². The van der Waals surface area contributed by atoms with Gasteiger partial charge >= 0.3 is 0 Å². The third-order valence-corrected chi connectivity index (χ3v) is 1.21. The molecule has 0 saturated carbocycles. The molecule has 0 aromatic heterocycles. The zero-order chi connectivity index (χ0) is 10.1. The van der Waals surface area contributed by atoms with Crippen LogP contribution >= 0.6 is 0 Å². The molecule has 0 spiro atoms. The summed E-state index contributed by atoms with van der Waals surface area (Å²) in [5, 5.41) is 34.3. The first-order chi connectivity index (χ1) is 6.20. The van der Waals surface area contributed by atoms with Crippen LogP contribution in [-0.4, -0.2) is 65.9 Å². The lowest BCUT2D eigenvalue weighted by molar-refractivity contribution is -0.106. The van der Waals surface area contributed by atoms with Crippen LogP contribution in [0.3, 0.4) is 0 Å². The SMILES string of the molecule is C.C.OCC(O)COCOCC(O)CO. The number of aliphatic hydroxyl groups is 4. The molecule has 0 aliphatic carbocycles. The minimum atomic E-state index is -0.911. The van der Waals surface area contributed by atoms with E-state index in [0.29, 0.717) is 0 Å². The van der Waals surface area contributed by atoms with Crippen LogP contribution in [0.2, 0.25) is 0 Å². The van der Waals surface area contributed by atoms with Crippen LogP contribution in [-0.2, 0) is 9.47 Å². The summed E-state index contributed by atoms with van der Waals surface area (Å²) < 4.78 is 9.51. The Labute approximate surface area is 91.1 Å². The Hall–Kier alpha value is -0.240. The Bertz CT molecular complexity index is 98.8. The van der Waals surface area contributed by atoms with Crippen molar-refractivity contribution in [1.29, 1.82) is 0 Å². The summed E-state index contributed by atoms with van der Waals surface area (Å²) in [7, 11) is 0. The predicted octanol–water partition coefficient (Wildman–Crippen LogP) is -1.04. The number of ether oxygens (including phenoxy) is 2. The maximum absolute atomic E-state index is 8.79. The zero-order valence-corrected chi connectivity index (χ0v) is 7.30. The summed E-state index contributed by atoms with van der Waals surface area (Å²) in [5.74, 6) is 0. The van der Waals surface area contributed by atoms with Crippen molar-refractivity contribution in [1.82, 2.24) is 0 Å². The third kappa shape index (κ3) is 13.8. The van der Waals surface area contributed by atoms with Gasteiger partial charge in [-0.1, -0.05) is 14.9 Å². The number of rotatable bonds is 8. The molecule has 15 heavy (non-hydrogen) atoms. The minimum absolute atomic E-state index is 0. The van der Waals surface area contributed by atoms with Crippen LogP contribution in [0.1, 0.15) is 14.9 Å². The van der Waals surface area contributed by atoms with Gasteiger partial charge in [-0.2, -0.15) is 0 Å². The fraction of sp³-hybridized carbons (Fsp3) is 1.00. The van der Waals surface area contributed by atoms with Gasteiger partial charge in [0.05, 0.1) is 26.4 Å². The Morgan fingerprint density at radius 1 is 0.800 bits per heavy atom. The molecule has 96 valence electrons. The van der Waals surface area contributed by atoms with Crippen LogP contribution in [0.25, 0.3) is 0 Å². The van der Waals surface area contributed by atoms with Crippen molar-refractivity contribution >= 4 is 0 Å². The average molecular weight is 228 g/mol. The van der Waals surface area contributed by atoms with Crippen LogP contribution in [0.15, 0.2) is 0 Å². The molecule has 2 unspecified atom stereocenters. The van der Waals surface area contributed by atoms with E-state index in [2.05, 4.69) is 0 Å². The zero-order valence-electron chi connectivity index (χ0n) is 7.30. The molecule has 0 fully saturated rings. The van der Waals surface area contributed by atoms with E-state index in [9.17, 15) is 0 Å². The summed E-state index contributed by atoms with van der Waals surface area (Å²) >= 11 is 0. The van der Waals surface area contributed by atoms with E-state index in [1.54, 1.807) is 0 Å². The first-order valence-corrected chi connectivity index (χ1v) is 3.94. The predicted molar refractivity (Wildman–Crippen MR) is 56.4 cm³/mol. The topological polar surface area (TPSA) is 99.4 Å². The van der Waals surface area contributed by atoms with Crippen LogP contribution in [0.4, 0.5) is 0 Å². The molecule has 0 saturated heterocycles. The van der Waals surface area contributed by atoms with Crippen molar-refractivity contribution in [3.05, 3.63) is 0 Å². The Morgan fingerprint density at radius 2 is 1.13 bits per heavy atom. The lowest BCUT2D eigenvalue weighted by atomic mass is 10.4. The largest absolute Gasteiger partial charge is 0.394 e. The van der Waals surface area contributed by atoms with E-state index in [4.69, 9.17) is 29.9 Å². The minimum Gasteiger partial charge on any atom is -0.394 e. The number of hydrogen-bond donors (Lipinski definition) is 4. The van der Waals surface area contributed by atoms with Crippen molar-refractivity contribution in [3.63, 3.8) is 0 Å². The normalized spacial score (nSPS) is 13.6. The fourth-order valence-electron chi connectivity index (χ4n) is 0.533. The van der Waals surface area contributed by atoms with Crippen molar-refractivity contribution in [2.45, 2.75) is 27.1 Å². The monoisotopic (exact) mass is 228 g/mol. The molecule has 0 radical (unpaired) electrons. The van der Waals surface area contributed by atoms with E-state index in [1.165, 1.54) is 0 Å². The summed E-state index contributed by atoms with van der Waals surface area (Å²) in [5.41, 5.74) is 0. The molecular weight excluding hydrogens is 204 g/mol. The number of aliphatic hydroxyl groups excluding tert-OH is 4. The quantitative estimate of drug-likeness (QED) is 0.313. The van der Waals surface area contributed by atoms with Gasteiger partial charge < -0.3 is 29.9 Å². The molecular formula is C9H24O6. The molecule has 0 aliphatic heterocycles. The molecule has 0 heterocycles. The second kappa shape index (κ2) is 13.8. The lowest BCUT2D eigenvalue weighted by Gasteiger charge is -2.10. The van der Waals surface area contributed by atoms with Gasteiger partial charge in [0.15, 0.2) is 0 Å². The molecule has 6 heteroatoms. The van der Waals surface area contributed by atoms with Crippen molar-refractivity contribution < 1.29 is 29.9 Å². The van der Waals surface area contributed by atoms with Gasteiger partial charge in [-0.3, -0.25) is 0 Å². The highest BCUT2D eigenvalue weighted by molar-refractivity contribution is 4.48. The van der Waals surface area contributed by atoms with Gasteiger partial charge in [0.1, 0.15) is 19.0 Å². The fourth-order valence-corrected chi connectivity index (χ4v) is 0.533. The molecule has 4 N–H and O–H groups in total. The lowest BCUT2D eigenvalue weighted by Crippen LogP contribution is -2.23. The van der Waals surface area contributed by atoms with Gasteiger partial charge in [0, 0.05) is 0 Å². The summed E-state index contributed by atoms with van der Waals surface area (Å²) in [4.78, 5) is 0. The molecule has 0 amide bonds. The van der Waals surface area contributed by atoms with E-state index < -0.39 is 12.2 Å². The highest BCUT2D eigenvalue weighted by Gasteiger charge is 2.03. The van der Waals surface area contributed by atoms with Crippen molar-refractivity contribution in [2.24, 2.45) is 0 Å². The van der Waals surface area contributed by atoms with E-state index in [-0.39, 0.29) is 48.1 Å². The second-order valence-corrected chi connectivity index (χ2v) is 2.53. The standard InChI is InChI=1S/C7H16O6.2CH4/c8-1-6(10)3-12-5-13-4-7(11)2-9;;/h6-11H,1-5H2;2*1H4. The summed E-state index contributed by atoms with van der Waals surface area (Å²) in [6.45, 7) is -0.857. The van der Waals surface area contributed by atoms with Crippen LogP contribution in [0.5, 0.6) is 0 Å². The van der Waals surface area contributed by atoms with Crippen LogP contribution < -0.4 is 0 Å². The molecule has 0 aromatic rings. The molecule has 0 aromatic carbocycles. The van der Waals surface area contributed by atoms with Gasteiger partial charge in [0.2, 0.25) is 0 Å². The van der Waals surface area contributed by atoms with Crippen molar-refractivity contribution in [3.8, 4) is 0 Å². The average Bonchev–Trinajstić information content (AvgIpc) is 2.16. The smallest absolute Gasteiger partial charge is 0.146 e. The van der Waals surface area contributed by atoms with Crippen LogP contribution in [0, 0.1) is 0 Å². The van der Waals surface area contributed by atoms with E-state index in [0.717, 1.165) is 0 Å². The first-order valence-electron chi connectivity index (χ1n) is 3.94. The first kappa shape index (κ1) is 20.2. The highest BCUT2D eigenvalue weighted by atomic mass is 16.7. The highest BCUT2D eigenvalue weighted by Crippen LogP contribution is 1.87. The van der Waals surface area contributed by atoms with E-state index >= 15 is 0 Å². The van der Waals surface area contributed by atoms with Gasteiger partial charge in [-0.05, 0) is 0 Å². The molecule has 0 rings (SSSR count). The summed E-state index contributed by atoms with van der Waals surface area (Å²) in [6, 6.07) is 0. The second-order valence-electron chi connectivity index (χ2n) is 2.53. The summed E-state index contributed by atoms with van der Waals surface area (Å²) in [6.07, 6.45) is -1.82. The Balaban J connectivity index is -0.000000720. The van der Waals surface area contributed by atoms with Gasteiger partial charge in [-0.15, -0.1) is 0 Å². The Kier molecular flexibility index (Phi) is 18.5. The van der Waals surface area contributed by atoms with Gasteiger partial charge in [0.25, 0.3) is 0 Å². The maximum atomic E-state index is 8.79. The van der Waals surface area contributed by atoms with Crippen molar-refractivity contribution in [2.75, 3.05) is 33.2 Å².